The molecule has 1 atom stereocenters. The van der Waals surface area contributed by atoms with E-state index >= 15 is 0 Å². The average Bonchev–Trinajstić information content (AvgIpc) is 1.87. The zero-order chi connectivity index (χ0) is 9.28. The minimum absolute atomic E-state index is 0.0194. The second-order valence-electron chi connectivity index (χ2n) is 2.14. The van der Waals surface area contributed by atoms with Crippen LogP contribution in [-0.2, 0) is 9.84 Å². The lowest BCUT2D eigenvalue weighted by atomic mass is 10.5. The second-order valence-corrected chi connectivity index (χ2v) is 9.21. The third kappa shape index (κ3) is 2.40. The van der Waals surface area contributed by atoms with Crippen molar-refractivity contribution in [2.24, 2.45) is 0 Å². The summed E-state index contributed by atoms with van der Waals surface area (Å²) in [5.74, 6) is -0.0194. The molecule has 3 nitrogen and oxygen atoms in total. The highest BCUT2D eigenvalue weighted by Crippen LogP contribution is 2.36. The van der Waals surface area contributed by atoms with Crippen molar-refractivity contribution >= 4 is 41.7 Å². The second kappa shape index (κ2) is 3.72. The Morgan fingerprint density at radius 2 is 1.91 bits per heavy atom. The Morgan fingerprint density at radius 1 is 1.55 bits per heavy atom. The summed E-state index contributed by atoms with van der Waals surface area (Å²) in [4.78, 5) is 0. The molecule has 0 aromatic carbocycles. The van der Waals surface area contributed by atoms with Crippen LogP contribution in [0.25, 0.3) is 0 Å². The summed E-state index contributed by atoms with van der Waals surface area (Å²) in [5, 5.41) is 9.07. The predicted molar refractivity (Wildman–Crippen MR) is 51.7 cm³/mol. The maximum atomic E-state index is 11.2. The first kappa shape index (κ1) is 11.9. The third-order valence-electron chi connectivity index (χ3n) is 1.28. The van der Waals surface area contributed by atoms with Gasteiger partial charge in [0, 0.05) is 5.75 Å². The lowest BCUT2D eigenvalue weighted by molar-refractivity contribution is 0.205. The zero-order valence-electron chi connectivity index (χ0n) is 6.21. The number of sulfone groups is 1. The Morgan fingerprint density at radius 3 is 2.00 bits per heavy atom. The molecule has 6 heteroatoms. The van der Waals surface area contributed by atoms with E-state index in [0.717, 1.165) is 0 Å². The molecule has 0 aliphatic heterocycles. The predicted octanol–water partition coefficient (Wildman–Crippen LogP) is 1.25. The lowest BCUT2D eigenvalue weighted by Gasteiger charge is -2.22. The topological polar surface area (TPSA) is 54.4 Å². The van der Waals surface area contributed by atoms with Crippen LogP contribution in [0.4, 0.5) is 0 Å². The van der Waals surface area contributed by atoms with Crippen LogP contribution in [0.1, 0.15) is 13.8 Å². The van der Waals surface area contributed by atoms with Crippen molar-refractivity contribution in [3.05, 3.63) is 0 Å². The van der Waals surface area contributed by atoms with Crippen LogP contribution in [-0.4, -0.2) is 27.9 Å². The number of aliphatic hydroxyl groups excluding tert-OH is 1. The van der Waals surface area contributed by atoms with Crippen LogP contribution >= 0.6 is 31.9 Å². The van der Waals surface area contributed by atoms with Gasteiger partial charge in [-0.3, -0.25) is 0 Å². The first-order valence-corrected chi connectivity index (χ1v) is 6.27. The van der Waals surface area contributed by atoms with Crippen molar-refractivity contribution in [2.75, 3.05) is 5.75 Å². The van der Waals surface area contributed by atoms with E-state index in [9.17, 15) is 8.42 Å². The van der Waals surface area contributed by atoms with E-state index in [2.05, 4.69) is 31.9 Å². The molecule has 0 rings (SSSR count). The molecule has 0 radical (unpaired) electrons. The van der Waals surface area contributed by atoms with Crippen molar-refractivity contribution in [3.63, 3.8) is 0 Å². The standard InChI is InChI=1S/C5H10Br2O3S/c1-3-11(9,10)5(6,7)4(2)8/h4,8H,3H2,1-2H3/t4-/m0/s1. The molecule has 0 bridgehead atoms. The fourth-order valence-electron chi connectivity index (χ4n) is 0.452. The molecule has 0 spiro atoms. The molecule has 68 valence electrons. The minimum atomic E-state index is -3.31. The molecule has 11 heavy (non-hydrogen) atoms. The monoisotopic (exact) mass is 308 g/mol. The molecule has 1 N–H and O–H groups in total. The number of hydrogen-bond donors (Lipinski definition) is 1. The highest BCUT2D eigenvalue weighted by molar-refractivity contribution is 9.28. The maximum absolute atomic E-state index is 11.2. The van der Waals surface area contributed by atoms with Crippen molar-refractivity contribution in [2.45, 2.75) is 22.5 Å². The molecule has 0 unspecified atom stereocenters. The number of alkyl halides is 2. The third-order valence-corrected chi connectivity index (χ3v) is 7.50. The van der Waals surface area contributed by atoms with Crippen molar-refractivity contribution in [1.82, 2.24) is 0 Å². The molecule has 0 aromatic rings. The summed E-state index contributed by atoms with van der Waals surface area (Å²) in [6, 6.07) is 0. The van der Waals surface area contributed by atoms with Gasteiger partial charge in [-0.25, -0.2) is 8.42 Å². The Balaban J connectivity index is 4.85. The average molecular weight is 310 g/mol. The molecule has 0 aliphatic rings. The summed E-state index contributed by atoms with van der Waals surface area (Å²) < 4.78 is 21.0. The molecule has 0 heterocycles. The van der Waals surface area contributed by atoms with Crippen LogP contribution in [0.3, 0.4) is 0 Å². The van der Waals surface area contributed by atoms with Crippen LogP contribution in [0, 0.1) is 0 Å². The first-order chi connectivity index (χ1) is 4.75. The molecule has 0 aromatic heterocycles. The van der Waals surface area contributed by atoms with E-state index in [-0.39, 0.29) is 5.75 Å². The summed E-state index contributed by atoms with van der Waals surface area (Å²) in [6.45, 7) is 2.92. The number of hydrogen-bond acceptors (Lipinski definition) is 3. The van der Waals surface area contributed by atoms with E-state index in [0.29, 0.717) is 0 Å². The van der Waals surface area contributed by atoms with E-state index in [1.807, 2.05) is 0 Å². The van der Waals surface area contributed by atoms with Crippen molar-refractivity contribution < 1.29 is 13.5 Å². The van der Waals surface area contributed by atoms with E-state index in [4.69, 9.17) is 5.11 Å². The van der Waals surface area contributed by atoms with Gasteiger partial charge in [-0.2, -0.15) is 0 Å². The largest absolute Gasteiger partial charge is 0.390 e. The van der Waals surface area contributed by atoms with Gasteiger partial charge in [-0.15, -0.1) is 0 Å². The molecular weight excluding hydrogens is 300 g/mol. The Kier molecular flexibility index (Phi) is 4.02. The molecule has 0 amide bonds. The van der Waals surface area contributed by atoms with Gasteiger partial charge in [-0.05, 0) is 6.92 Å². The Hall–Kier alpha value is 0.870. The highest BCUT2D eigenvalue weighted by atomic mass is 79.9. The van der Waals surface area contributed by atoms with Gasteiger partial charge < -0.3 is 5.11 Å². The SMILES string of the molecule is CCS(=O)(=O)C(Br)(Br)[C@H](C)O. The summed E-state index contributed by atoms with van der Waals surface area (Å²) >= 11 is 5.81. The molecule has 0 saturated heterocycles. The van der Waals surface area contributed by atoms with E-state index < -0.39 is 18.5 Å². The summed E-state index contributed by atoms with van der Waals surface area (Å²) in [5.41, 5.74) is 0. The van der Waals surface area contributed by atoms with Gasteiger partial charge >= 0.3 is 0 Å². The van der Waals surface area contributed by atoms with Gasteiger partial charge in [0.05, 0.1) is 6.10 Å². The van der Waals surface area contributed by atoms with Gasteiger partial charge in [0.2, 0.25) is 2.57 Å². The van der Waals surface area contributed by atoms with Crippen molar-refractivity contribution in [1.29, 1.82) is 0 Å². The Bertz CT molecular complexity index is 220. The van der Waals surface area contributed by atoms with Gasteiger partial charge in [0.25, 0.3) is 0 Å². The van der Waals surface area contributed by atoms with Gasteiger partial charge in [-0.1, -0.05) is 38.8 Å². The lowest BCUT2D eigenvalue weighted by Crippen LogP contribution is -2.37. The van der Waals surface area contributed by atoms with E-state index in [1.54, 1.807) is 0 Å². The normalized spacial score (nSPS) is 16.5. The molecule has 0 saturated carbocycles. The smallest absolute Gasteiger partial charge is 0.206 e. The van der Waals surface area contributed by atoms with Crippen LogP contribution in [0.15, 0.2) is 0 Å². The fourth-order valence-corrected chi connectivity index (χ4v) is 2.73. The van der Waals surface area contributed by atoms with Gasteiger partial charge in [0.15, 0.2) is 9.84 Å². The van der Waals surface area contributed by atoms with E-state index in [1.165, 1.54) is 13.8 Å². The van der Waals surface area contributed by atoms with Crippen LogP contribution in [0.5, 0.6) is 0 Å². The number of halogens is 2. The van der Waals surface area contributed by atoms with Crippen LogP contribution in [0.2, 0.25) is 0 Å². The fraction of sp³-hybridized carbons (Fsp3) is 1.00. The molecule has 0 fully saturated rings. The zero-order valence-corrected chi connectivity index (χ0v) is 10.2. The Labute approximate surface area is 83.4 Å². The first-order valence-electron chi connectivity index (χ1n) is 3.04. The summed E-state index contributed by atoms with van der Waals surface area (Å²) in [7, 11) is -3.31. The maximum Gasteiger partial charge on any atom is 0.206 e. The highest BCUT2D eigenvalue weighted by Gasteiger charge is 2.41. The van der Waals surface area contributed by atoms with Crippen LogP contribution < -0.4 is 0 Å². The van der Waals surface area contributed by atoms with Crippen molar-refractivity contribution in [3.8, 4) is 0 Å². The number of rotatable bonds is 3. The summed E-state index contributed by atoms with van der Waals surface area (Å²) in [6.07, 6.45) is -0.993. The number of aliphatic hydroxyl groups is 1. The quantitative estimate of drug-likeness (QED) is 0.798. The molecular formula is C5H10Br2O3S. The molecule has 0 aliphatic carbocycles. The van der Waals surface area contributed by atoms with Gasteiger partial charge in [0.1, 0.15) is 0 Å². The minimum Gasteiger partial charge on any atom is -0.390 e.